The lowest BCUT2D eigenvalue weighted by atomic mass is 10.1. The number of nitrogens with two attached hydrogens (primary N) is 1. The van der Waals surface area contributed by atoms with Crippen molar-refractivity contribution in [2.75, 3.05) is 5.73 Å². The van der Waals surface area contributed by atoms with Crippen LogP contribution in [0.2, 0.25) is 0 Å². The Balaban J connectivity index is 2.68. The van der Waals surface area contributed by atoms with Gasteiger partial charge in [0.1, 0.15) is 0 Å². The summed E-state index contributed by atoms with van der Waals surface area (Å²) in [6, 6.07) is 3.47. The molecule has 0 spiro atoms. The van der Waals surface area contributed by atoms with Crippen molar-refractivity contribution in [1.82, 2.24) is 0 Å². The van der Waals surface area contributed by atoms with E-state index in [-0.39, 0.29) is 5.78 Å². The Morgan fingerprint density at radius 3 is 2.85 bits per heavy atom. The average molecular weight is 242 g/mol. The first-order valence-corrected chi connectivity index (χ1v) is 4.69. The Kier molecular flexibility index (Phi) is 1.80. The van der Waals surface area contributed by atoms with Crippen LogP contribution in [-0.4, -0.2) is 11.9 Å². The van der Waals surface area contributed by atoms with Crippen LogP contribution in [0.1, 0.15) is 17.3 Å². The van der Waals surface area contributed by atoms with Gasteiger partial charge in [-0.05, 0) is 35.0 Å². The molecule has 0 radical (unpaired) electrons. The van der Waals surface area contributed by atoms with Crippen LogP contribution in [-0.2, 0) is 0 Å². The number of carbonyl (C=O) groups excluding carboxylic acids is 1. The number of ketones is 1. The van der Waals surface area contributed by atoms with Crippen molar-refractivity contribution in [3.63, 3.8) is 0 Å². The highest BCUT2D eigenvalue weighted by atomic mass is 79.9. The maximum atomic E-state index is 11.6. The van der Waals surface area contributed by atoms with Gasteiger partial charge in [-0.3, -0.25) is 4.79 Å². The number of ether oxygens (including phenoxy) is 1. The Morgan fingerprint density at radius 2 is 2.23 bits per heavy atom. The van der Waals surface area contributed by atoms with Crippen molar-refractivity contribution in [2.45, 2.75) is 13.0 Å². The van der Waals surface area contributed by atoms with Crippen molar-refractivity contribution in [1.29, 1.82) is 0 Å². The van der Waals surface area contributed by atoms with E-state index < -0.39 is 6.10 Å². The molecule has 0 aromatic heterocycles. The van der Waals surface area contributed by atoms with Gasteiger partial charge in [-0.2, -0.15) is 0 Å². The van der Waals surface area contributed by atoms with Crippen molar-refractivity contribution in [2.24, 2.45) is 0 Å². The lowest BCUT2D eigenvalue weighted by Gasteiger charge is -2.03. The van der Waals surface area contributed by atoms with Gasteiger partial charge in [0, 0.05) is 4.47 Å². The highest BCUT2D eigenvalue weighted by Gasteiger charge is 2.32. The molecule has 0 fully saturated rings. The van der Waals surface area contributed by atoms with E-state index in [1.807, 2.05) is 0 Å². The predicted molar refractivity (Wildman–Crippen MR) is 53.0 cm³/mol. The Hall–Kier alpha value is -1.03. The van der Waals surface area contributed by atoms with Gasteiger partial charge in [0.25, 0.3) is 0 Å². The minimum absolute atomic E-state index is 0.0193. The number of halogens is 1. The molecule has 0 saturated carbocycles. The maximum Gasteiger partial charge on any atom is 0.207 e. The molecule has 4 heteroatoms. The molecule has 1 aliphatic heterocycles. The van der Waals surface area contributed by atoms with Crippen LogP contribution in [0.5, 0.6) is 5.75 Å². The zero-order chi connectivity index (χ0) is 9.59. The molecule has 13 heavy (non-hydrogen) atoms. The van der Waals surface area contributed by atoms with Crippen LogP contribution >= 0.6 is 15.9 Å². The molecule has 2 N–H and O–H groups in total. The van der Waals surface area contributed by atoms with Crippen LogP contribution in [0, 0.1) is 0 Å². The number of fused-ring (bicyclic) bond motifs is 1. The first kappa shape index (κ1) is 8.56. The van der Waals surface area contributed by atoms with Crippen molar-refractivity contribution < 1.29 is 9.53 Å². The van der Waals surface area contributed by atoms with Gasteiger partial charge in [-0.25, -0.2) is 0 Å². The van der Waals surface area contributed by atoms with E-state index in [1.54, 1.807) is 19.1 Å². The number of benzene rings is 1. The predicted octanol–water partition coefficient (Wildman–Crippen LogP) is 1.99. The SMILES string of the molecule is CC1Oc2c(N)ccc(Br)c2C1=O. The highest BCUT2D eigenvalue weighted by molar-refractivity contribution is 9.10. The summed E-state index contributed by atoms with van der Waals surface area (Å²) in [5, 5.41) is 0. The van der Waals surface area contributed by atoms with Crippen LogP contribution in [0.25, 0.3) is 0 Å². The second-order valence-electron chi connectivity index (χ2n) is 2.97. The summed E-state index contributed by atoms with van der Waals surface area (Å²) in [5.41, 5.74) is 6.74. The quantitative estimate of drug-likeness (QED) is 0.708. The minimum atomic E-state index is -0.420. The maximum absolute atomic E-state index is 11.6. The first-order valence-electron chi connectivity index (χ1n) is 3.90. The lowest BCUT2D eigenvalue weighted by molar-refractivity contribution is 0.0878. The van der Waals surface area contributed by atoms with Crippen molar-refractivity contribution in [3.05, 3.63) is 22.2 Å². The zero-order valence-electron chi connectivity index (χ0n) is 7.00. The fourth-order valence-corrected chi connectivity index (χ4v) is 1.87. The van der Waals surface area contributed by atoms with Gasteiger partial charge in [0.2, 0.25) is 5.78 Å². The number of nitrogen functional groups attached to an aromatic ring is 1. The minimum Gasteiger partial charge on any atom is -0.480 e. The van der Waals surface area contributed by atoms with E-state index >= 15 is 0 Å². The molecule has 0 bridgehead atoms. The van der Waals surface area contributed by atoms with E-state index in [0.717, 1.165) is 4.47 Å². The number of rotatable bonds is 0. The van der Waals surface area contributed by atoms with Gasteiger partial charge in [0.15, 0.2) is 11.9 Å². The van der Waals surface area contributed by atoms with E-state index in [9.17, 15) is 4.79 Å². The van der Waals surface area contributed by atoms with Crippen molar-refractivity contribution >= 4 is 27.4 Å². The molecule has 1 aliphatic rings. The first-order chi connectivity index (χ1) is 6.11. The van der Waals surface area contributed by atoms with Gasteiger partial charge < -0.3 is 10.5 Å². The molecule has 1 unspecified atom stereocenters. The third kappa shape index (κ3) is 1.13. The normalized spacial score (nSPS) is 19.8. The van der Waals surface area contributed by atoms with Gasteiger partial charge in [-0.1, -0.05) is 0 Å². The number of hydrogen-bond donors (Lipinski definition) is 1. The third-order valence-corrected chi connectivity index (χ3v) is 2.71. The molecule has 0 amide bonds. The topological polar surface area (TPSA) is 52.3 Å². The fourth-order valence-electron chi connectivity index (χ4n) is 1.36. The second kappa shape index (κ2) is 2.73. The Morgan fingerprint density at radius 1 is 1.54 bits per heavy atom. The lowest BCUT2D eigenvalue weighted by Crippen LogP contribution is -2.15. The molecule has 68 valence electrons. The van der Waals surface area contributed by atoms with Crippen LogP contribution in [0.15, 0.2) is 16.6 Å². The number of carbonyl (C=O) groups is 1. The van der Waals surface area contributed by atoms with E-state index in [2.05, 4.69) is 15.9 Å². The fraction of sp³-hybridized carbons (Fsp3) is 0.222. The largest absolute Gasteiger partial charge is 0.480 e. The van der Waals surface area contributed by atoms with E-state index in [0.29, 0.717) is 17.0 Å². The highest BCUT2D eigenvalue weighted by Crippen LogP contribution is 2.38. The molecular formula is C9H8BrNO2. The standard InChI is InChI=1S/C9H8BrNO2/c1-4-8(12)7-5(10)2-3-6(11)9(7)13-4/h2-4H,11H2,1H3. The van der Waals surface area contributed by atoms with Crippen LogP contribution < -0.4 is 10.5 Å². The van der Waals surface area contributed by atoms with Gasteiger partial charge in [-0.15, -0.1) is 0 Å². The molecule has 1 aromatic rings. The molecule has 0 saturated heterocycles. The Bertz CT molecular complexity index is 389. The molecular weight excluding hydrogens is 234 g/mol. The third-order valence-electron chi connectivity index (χ3n) is 2.05. The van der Waals surface area contributed by atoms with Crippen molar-refractivity contribution in [3.8, 4) is 5.75 Å². The Labute approximate surface area is 84.0 Å². The number of hydrogen-bond acceptors (Lipinski definition) is 3. The molecule has 1 heterocycles. The summed E-state index contributed by atoms with van der Waals surface area (Å²) in [6.07, 6.45) is -0.420. The monoisotopic (exact) mass is 241 g/mol. The molecule has 1 atom stereocenters. The average Bonchev–Trinajstić information content (AvgIpc) is 2.38. The molecule has 0 aliphatic carbocycles. The number of Topliss-reactive ketones (excluding diaryl/α,β-unsaturated/α-hetero) is 1. The molecule has 2 rings (SSSR count). The summed E-state index contributed by atoms with van der Waals surface area (Å²) in [4.78, 5) is 11.6. The zero-order valence-corrected chi connectivity index (χ0v) is 8.59. The van der Waals surface area contributed by atoms with Gasteiger partial charge >= 0.3 is 0 Å². The van der Waals surface area contributed by atoms with E-state index in [4.69, 9.17) is 10.5 Å². The van der Waals surface area contributed by atoms with E-state index in [1.165, 1.54) is 0 Å². The molecule has 3 nitrogen and oxygen atoms in total. The van der Waals surface area contributed by atoms with Crippen LogP contribution in [0.4, 0.5) is 5.69 Å². The summed E-state index contributed by atoms with van der Waals surface area (Å²) in [5.74, 6) is 0.487. The summed E-state index contributed by atoms with van der Waals surface area (Å²) in [6.45, 7) is 1.72. The summed E-state index contributed by atoms with van der Waals surface area (Å²) in [7, 11) is 0. The van der Waals surface area contributed by atoms with Crippen LogP contribution in [0.3, 0.4) is 0 Å². The second-order valence-corrected chi connectivity index (χ2v) is 3.82. The smallest absolute Gasteiger partial charge is 0.207 e. The van der Waals surface area contributed by atoms with Gasteiger partial charge in [0.05, 0.1) is 11.3 Å². The molecule has 1 aromatic carbocycles. The summed E-state index contributed by atoms with van der Waals surface area (Å²) < 4.78 is 6.07. The number of anilines is 1. The summed E-state index contributed by atoms with van der Waals surface area (Å²) >= 11 is 3.29.